The third-order valence-corrected chi connectivity index (χ3v) is 1.36. The lowest BCUT2D eigenvalue weighted by atomic mass is 10.4. The van der Waals surface area contributed by atoms with Crippen LogP contribution in [0, 0.1) is 0 Å². The number of carbonyl (C=O) groups excluding carboxylic acids is 1. The lowest BCUT2D eigenvalue weighted by Crippen LogP contribution is -2.38. The van der Waals surface area contributed by atoms with Crippen molar-refractivity contribution in [1.82, 2.24) is 10.2 Å². The molecule has 0 aliphatic carbocycles. The SMILES string of the molecule is C=CCN(C)C(=O)NCCC(=O)O. The topological polar surface area (TPSA) is 69.6 Å². The van der Waals surface area contributed by atoms with E-state index < -0.39 is 5.97 Å². The Labute approximate surface area is 77.0 Å². The Bertz CT molecular complexity index is 204. The number of carboxylic acid groups (broad SMARTS) is 1. The molecule has 0 unspecified atom stereocenters. The van der Waals surface area contributed by atoms with Gasteiger partial charge in [0.2, 0.25) is 0 Å². The second-order valence-electron chi connectivity index (χ2n) is 2.54. The van der Waals surface area contributed by atoms with Gasteiger partial charge in [-0.25, -0.2) is 4.79 Å². The van der Waals surface area contributed by atoms with Gasteiger partial charge in [0.05, 0.1) is 6.42 Å². The van der Waals surface area contributed by atoms with E-state index >= 15 is 0 Å². The molecule has 5 heteroatoms. The first-order valence-corrected chi connectivity index (χ1v) is 3.89. The molecule has 0 aliphatic heterocycles. The lowest BCUT2D eigenvalue weighted by molar-refractivity contribution is -0.136. The number of hydrogen-bond acceptors (Lipinski definition) is 2. The zero-order valence-corrected chi connectivity index (χ0v) is 7.62. The van der Waals surface area contributed by atoms with Crippen LogP contribution in [-0.2, 0) is 4.79 Å². The molecule has 2 N–H and O–H groups in total. The number of amides is 2. The summed E-state index contributed by atoms with van der Waals surface area (Å²) in [5, 5.41) is 10.7. The van der Waals surface area contributed by atoms with E-state index in [0.717, 1.165) is 0 Å². The van der Waals surface area contributed by atoms with Crippen LogP contribution < -0.4 is 5.32 Å². The second-order valence-corrected chi connectivity index (χ2v) is 2.54. The fourth-order valence-electron chi connectivity index (χ4n) is 0.688. The van der Waals surface area contributed by atoms with Crippen LogP contribution in [0.4, 0.5) is 4.79 Å². The zero-order chi connectivity index (χ0) is 10.3. The summed E-state index contributed by atoms with van der Waals surface area (Å²) in [4.78, 5) is 22.6. The highest BCUT2D eigenvalue weighted by Crippen LogP contribution is 1.84. The molecule has 0 spiro atoms. The van der Waals surface area contributed by atoms with Crippen molar-refractivity contribution in [2.75, 3.05) is 20.1 Å². The summed E-state index contributed by atoms with van der Waals surface area (Å²) in [5.74, 6) is -0.924. The van der Waals surface area contributed by atoms with Gasteiger partial charge in [0.25, 0.3) is 0 Å². The minimum absolute atomic E-state index is 0.0618. The van der Waals surface area contributed by atoms with Crippen LogP contribution in [-0.4, -0.2) is 42.1 Å². The van der Waals surface area contributed by atoms with Gasteiger partial charge in [-0.3, -0.25) is 4.79 Å². The summed E-state index contributed by atoms with van der Waals surface area (Å²) in [7, 11) is 1.61. The van der Waals surface area contributed by atoms with Crippen molar-refractivity contribution in [1.29, 1.82) is 0 Å². The second kappa shape index (κ2) is 6.05. The fourth-order valence-corrected chi connectivity index (χ4v) is 0.688. The fraction of sp³-hybridized carbons (Fsp3) is 0.500. The summed E-state index contributed by atoms with van der Waals surface area (Å²) in [5.41, 5.74) is 0. The molecule has 0 radical (unpaired) electrons. The summed E-state index contributed by atoms with van der Waals surface area (Å²) in [6.07, 6.45) is 1.53. The highest BCUT2D eigenvalue weighted by molar-refractivity contribution is 5.75. The Kier molecular flexibility index (Phi) is 5.34. The number of nitrogens with zero attached hydrogens (tertiary/aromatic N) is 1. The Hall–Kier alpha value is -1.52. The molecule has 0 aromatic heterocycles. The number of carbonyl (C=O) groups is 2. The molecule has 5 nitrogen and oxygen atoms in total. The summed E-state index contributed by atoms with van der Waals surface area (Å²) < 4.78 is 0. The van der Waals surface area contributed by atoms with Crippen molar-refractivity contribution < 1.29 is 14.7 Å². The maximum atomic E-state index is 11.1. The summed E-state index contributed by atoms with van der Waals surface area (Å²) in [6, 6.07) is -0.291. The predicted octanol–water partition coefficient (Wildman–Crippen LogP) is 0.288. The maximum Gasteiger partial charge on any atom is 0.317 e. The van der Waals surface area contributed by atoms with Crippen LogP contribution in [0.3, 0.4) is 0 Å². The van der Waals surface area contributed by atoms with Crippen molar-refractivity contribution in [3.05, 3.63) is 12.7 Å². The van der Waals surface area contributed by atoms with E-state index in [9.17, 15) is 9.59 Å². The van der Waals surface area contributed by atoms with Gasteiger partial charge in [0.1, 0.15) is 0 Å². The van der Waals surface area contributed by atoms with Gasteiger partial charge in [-0.15, -0.1) is 6.58 Å². The van der Waals surface area contributed by atoms with E-state index in [1.165, 1.54) is 4.90 Å². The highest BCUT2D eigenvalue weighted by Gasteiger charge is 2.05. The molecule has 0 atom stereocenters. The smallest absolute Gasteiger partial charge is 0.317 e. The van der Waals surface area contributed by atoms with Gasteiger partial charge in [-0.1, -0.05) is 6.08 Å². The number of likely N-dealkylation sites (N-methyl/N-ethyl adjacent to an activating group) is 1. The van der Waals surface area contributed by atoms with Crippen molar-refractivity contribution >= 4 is 12.0 Å². The Morgan fingerprint density at radius 3 is 2.69 bits per heavy atom. The average Bonchev–Trinajstić information content (AvgIpc) is 2.04. The number of urea groups is 1. The van der Waals surface area contributed by atoms with Gasteiger partial charge in [-0.2, -0.15) is 0 Å². The Morgan fingerprint density at radius 1 is 1.62 bits per heavy atom. The predicted molar refractivity (Wildman–Crippen MR) is 48.5 cm³/mol. The van der Waals surface area contributed by atoms with Crippen molar-refractivity contribution in [2.45, 2.75) is 6.42 Å². The number of aliphatic carboxylic acids is 1. The normalized spacial score (nSPS) is 9.00. The van der Waals surface area contributed by atoms with Crippen LogP contribution in [0.2, 0.25) is 0 Å². The van der Waals surface area contributed by atoms with Gasteiger partial charge < -0.3 is 15.3 Å². The third kappa shape index (κ3) is 5.72. The van der Waals surface area contributed by atoms with Crippen LogP contribution in [0.1, 0.15) is 6.42 Å². The summed E-state index contributed by atoms with van der Waals surface area (Å²) in [6.45, 7) is 4.07. The molecular weight excluding hydrogens is 172 g/mol. The quantitative estimate of drug-likeness (QED) is 0.606. The monoisotopic (exact) mass is 186 g/mol. The number of carboxylic acids is 1. The molecule has 0 rings (SSSR count). The van der Waals surface area contributed by atoms with Crippen LogP contribution in [0.5, 0.6) is 0 Å². The first-order valence-electron chi connectivity index (χ1n) is 3.89. The van der Waals surface area contributed by atoms with Crippen molar-refractivity contribution in [2.24, 2.45) is 0 Å². The molecule has 0 saturated heterocycles. The van der Waals surface area contributed by atoms with Crippen LogP contribution >= 0.6 is 0 Å². The molecular formula is C8H14N2O3. The Balaban J connectivity index is 3.61. The van der Waals surface area contributed by atoms with E-state index in [2.05, 4.69) is 11.9 Å². The first kappa shape index (κ1) is 11.5. The van der Waals surface area contributed by atoms with Crippen molar-refractivity contribution in [3.8, 4) is 0 Å². The minimum Gasteiger partial charge on any atom is -0.481 e. The maximum absolute atomic E-state index is 11.1. The van der Waals surface area contributed by atoms with E-state index in [1.807, 2.05) is 0 Å². The van der Waals surface area contributed by atoms with E-state index in [0.29, 0.717) is 6.54 Å². The molecule has 0 bridgehead atoms. The molecule has 0 aliphatic rings. The van der Waals surface area contributed by atoms with Gasteiger partial charge in [0, 0.05) is 20.1 Å². The van der Waals surface area contributed by atoms with Crippen molar-refractivity contribution in [3.63, 3.8) is 0 Å². The number of rotatable bonds is 5. The number of nitrogens with one attached hydrogen (secondary N) is 1. The standard InChI is InChI=1S/C8H14N2O3/c1-3-6-10(2)8(13)9-5-4-7(11)12/h3H,1,4-6H2,2H3,(H,9,13)(H,11,12). The van der Waals surface area contributed by atoms with Gasteiger partial charge >= 0.3 is 12.0 Å². The molecule has 74 valence electrons. The molecule has 0 saturated carbocycles. The lowest BCUT2D eigenvalue weighted by Gasteiger charge is -2.14. The summed E-state index contributed by atoms with van der Waals surface area (Å²) >= 11 is 0. The molecule has 13 heavy (non-hydrogen) atoms. The third-order valence-electron chi connectivity index (χ3n) is 1.36. The van der Waals surface area contributed by atoms with E-state index in [4.69, 9.17) is 5.11 Å². The molecule has 0 fully saturated rings. The average molecular weight is 186 g/mol. The molecule has 0 heterocycles. The number of hydrogen-bond donors (Lipinski definition) is 2. The van der Waals surface area contributed by atoms with Gasteiger partial charge in [0.15, 0.2) is 0 Å². The van der Waals surface area contributed by atoms with E-state index in [-0.39, 0.29) is 19.0 Å². The first-order chi connectivity index (χ1) is 6.07. The molecule has 2 amide bonds. The minimum atomic E-state index is -0.924. The largest absolute Gasteiger partial charge is 0.481 e. The highest BCUT2D eigenvalue weighted by atomic mass is 16.4. The molecule has 0 aromatic rings. The van der Waals surface area contributed by atoms with Gasteiger partial charge in [-0.05, 0) is 0 Å². The zero-order valence-electron chi connectivity index (χ0n) is 7.62. The molecule has 0 aromatic carbocycles. The van der Waals surface area contributed by atoms with Crippen LogP contribution in [0.15, 0.2) is 12.7 Å². The van der Waals surface area contributed by atoms with Crippen LogP contribution in [0.25, 0.3) is 0 Å². The Morgan fingerprint density at radius 2 is 2.23 bits per heavy atom. The van der Waals surface area contributed by atoms with E-state index in [1.54, 1.807) is 13.1 Å².